The Bertz CT molecular complexity index is 376. The molecule has 1 aromatic rings. The molecule has 1 atom stereocenters. The van der Waals surface area contributed by atoms with Crippen LogP contribution >= 0.6 is 0 Å². The molecule has 0 saturated carbocycles. The summed E-state index contributed by atoms with van der Waals surface area (Å²) in [5.74, 6) is -1.70. The fourth-order valence-electron chi connectivity index (χ4n) is 1.31. The van der Waals surface area contributed by atoms with E-state index in [1.54, 1.807) is 13.8 Å². The zero-order valence-electron chi connectivity index (χ0n) is 9.80. The highest BCUT2D eigenvalue weighted by molar-refractivity contribution is 5.75. The highest BCUT2D eigenvalue weighted by Gasteiger charge is 2.15. The van der Waals surface area contributed by atoms with Crippen LogP contribution in [0.25, 0.3) is 0 Å². The Balaban J connectivity index is 2.58. The van der Waals surface area contributed by atoms with Crippen LogP contribution in [-0.4, -0.2) is 18.6 Å². The van der Waals surface area contributed by atoms with E-state index in [9.17, 15) is 13.6 Å². The van der Waals surface area contributed by atoms with Crippen molar-refractivity contribution in [3.63, 3.8) is 0 Å². The van der Waals surface area contributed by atoms with Crippen LogP contribution < -0.4 is 5.32 Å². The molecule has 0 heterocycles. The standard InChI is InChI=1S/C12H15F2NO2/c1-3-17-12(16)8(2)15-7-9-10(13)5-4-6-11(9)14/h4-6,8,15H,3,7H2,1-2H3. The number of hydrogen-bond donors (Lipinski definition) is 1. The van der Waals surface area contributed by atoms with Crippen molar-refractivity contribution in [1.82, 2.24) is 5.32 Å². The maximum Gasteiger partial charge on any atom is 0.322 e. The van der Waals surface area contributed by atoms with Gasteiger partial charge in [-0.25, -0.2) is 8.78 Å². The minimum atomic E-state index is -0.631. The summed E-state index contributed by atoms with van der Waals surface area (Å²) in [6.07, 6.45) is 0. The largest absolute Gasteiger partial charge is 0.465 e. The van der Waals surface area contributed by atoms with Gasteiger partial charge in [-0.2, -0.15) is 0 Å². The van der Waals surface area contributed by atoms with E-state index in [1.165, 1.54) is 18.2 Å². The molecule has 0 aliphatic rings. The lowest BCUT2D eigenvalue weighted by Gasteiger charge is -2.13. The van der Waals surface area contributed by atoms with Gasteiger partial charge in [0.1, 0.15) is 17.7 Å². The molecule has 0 fully saturated rings. The Labute approximate surface area is 98.8 Å². The summed E-state index contributed by atoms with van der Waals surface area (Å²) in [6, 6.07) is 3.04. The predicted octanol–water partition coefficient (Wildman–Crippen LogP) is 2.01. The third kappa shape index (κ3) is 3.78. The number of ether oxygens (including phenoxy) is 1. The number of hydrogen-bond acceptors (Lipinski definition) is 3. The molecule has 1 N–H and O–H groups in total. The molecule has 0 aliphatic carbocycles. The number of carbonyl (C=O) groups excluding carboxylic acids is 1. The van der Waals surface area contributed by atoms with Gasteiger partial charge in [0.25, 0.3) is 0 Å². The van der Waals surface area contributed by atoms with Crippen LogP contribution in [0.2, 0.25) is 0 Å². The third-order valence-corrected chi connectivity index (χ3v) is 2.29. The molecule has 0 radical (unpaired) electrons. The Morgan fingerprint density at radius 3 is 2.53 bits per heavy atom. The topological polar surface area (TPSA) is 38.3 Å². The quantitative estimate of drug-likeness (QED) is 0.804. The van der Waals surface area contributed by atoms with Gasteiger partial charge >= 0.3 is 5.97 Å². The smallest absolute Gasteiger partial charge is 0.322 e. The molecule has 1 rings (SSSR count). The van der Waals surface area contributed by atoms with Gasteiger partial charge in [0.2, 0.25) is 0 Å². The zero-order valence-corrected chi connectivity index (χ0v) is 9.80. The SMILES string of the molecule is CCOC(=O)C(C)NCc1c(F)cccc1F. The molecular weight excluding hydrogens is 228 g/mol. The molecule has 1 unspecified atom stereocenters. The van der Waals surface area contributed by atoms with E-state index in [0.717, 1.165) is 0 Å². The van der Waals surface area contributed by atoms with E-state index in [-0.39, 0.29) is 18.7 Å². The van der Waals surface area contributed by atoms with Crippen LogP contribution in [0.15, 0.2) is 18.2 Å². The first-order valence-corrected chi connectivity index (χ1v) is 5.39. The van der Waals surface area contributed by atoms with Crippen LogP contribution in [0.5, 0.6) is 0 Å². The summed E-state index contributed by atoms with van der Waals surface area (Å²) in [5, 5.41) is 2.71. The second kappa shape index (κ2) is 6.30. The van der Waals surface area contributed by atoms with Crippen LogP contribution in [0.3, 0.4) is 0 Å². The van der Waals surface area contributed by atoms with Gasteiger partial charge in [0.05, 0.1) is 6.61 Å². The van der Waals surface area contributed by atoms with E-state index in [0.29, 0.717) is 0 Å². The van der Waals surface area contributed by atoms with Crippen molar-refractivity contribution in [2.24, 2.45) is 0 Å². The van der Waals surface area contributed by atoms with Crippen molar-refractivity contribution in [2.75, 3.05) is 6.61 Å². The number of halogens is 2. The minimum Gasteiger partial charge on any atom is -0.465 e. The van der Waals surface area contributed by atoms with Crippen LogP contribution in [-0.2, 0) is 16.1 Å². The Morgan fingerprint density at radius 1 is 1.41 bits per heavy atom. The molecule has 94 valence electrons. The highest BCUT2D eigenvalue weighted by atomic mass is 19.1. The second-order valence-corrected chi connectivity index (χ2v) is 3.55. The maximum absolute atomic E-state index is 13.3. The average Bonchev–Trinajstić information content (AvgIpc) is 2.28. The summed E-state index contributed by atoms with van der Waals surface area (Å²) in [5.41, 5.74) is -0.0800. The van der Waals surface area contributed by atoms with Gasteiger partial charge in [-0.05, 0) is 26.0 Å². The summed E-state index contributed by atoms with van der Waals surface area (Å²) in [6.45, 7) is 3.50. The minimum absolute atomic E-state index is 0.0571. The van der Waals surface area contributed by atoms with Gasteiger partial charge in [-0.3, -0.25) is 4.79 Å². The molecule has 3 nitrogen and oxygen atoms in total. The van der Waals surface area contributed by atoms with E-state index >= 15 is 0 Å². The van der Waals surface area contributed by atoms with Gasteiger partial charge in [-0.1, -0.05) is 6.07 Å². The van der Waals surface area contributed by atoms with Gasteiger partial charge in [0, 0.05) is 12.1 Å². The Kier molecular flexibility index (Phi) is 5.03. The molecule has 0 aromatic heterocycles. The molecule has 17 heavy (non-hydrogen) atoms. The number of carbonyl (C=O) groups is 1. The average molecular weight is 243 g/mol. The van der Waals surface area contributed by atoms with E-state index in [2.05, 4.69) is 5.32 Å². The molecule has 0 bridgehead atoms. The third-order valence-electron chi connectivity index (χ3n) is 2.29. The van der Waals surface area contributed by atoms with E-state index in [1.807, 2.05) is 0 Å². The summed E-state index contributed by atoms with van der Waals surface area (Å²) >= 11 is 0. The Morgan fingerprint density at radius 2 is 2.00 bits per heavy atom. The lowest BCUT2D eigenvalue weighted by atomic mass is 10.2. The Hall–Kier alpha value is -1.49. The van der Waals surface area contributed by atoms with Crippen molar-refractivity contribution < 1.29 is 18.3 Å². The van der Waals surface area contributed by atoms with Crippen molar-refractivity contribution in [1.29, 1.82) is 0 Å². The van der Waals surface area contributed by atoms with Gasteiger partial charge in [-0.15, -0.1) is 0 Å². The lowest BCUT2D eigenvalue weighted by molar-refractivity contribution is -0.145. The maximum atomic E-state index is 13.3. The highest BCUT2D eigenvalue weighted by Crippen LogP contribution is 2.11. The van der Waals surface area contributed by atoms with Crippen LogP contribution in [0, 0.1) is 11.6 Å². The molecule has 1 aromatic carbocycles. The predicted molar refractivity (Wildman–Crippen MR) is 59.3 cm³/mol. The summed E-state index contributed by atoms with van der Waals surface area (Å²) < 4.78 is 31.3. The molecule has 0 amide bonds. The van der Waals surface area contributed by atoms with Crippen molar-refractivity contribution >= 4 is 5.97 Å². The molecule has 0 aliphatic heterocycles. The fourth-order valence-corrected chi connectivity index (χ4v) is 1.31. The van der Waals surface area contributed by atoms with Gasteiger partial charge in [0.15, 0.2) is 0 Å². The number of nitrogens with one attached hydrogen (secondary N) is 1. The van der Waals surface area contributed by atoms with Crippen LogP contribution in [0.4, 0.5) is 8.78 Å². The zero-order chi connectivity index (χ0) is 12.8. The van der Waals surface area contributed by atoms with E-state index < -0.39 is 23.6 Å². The van der Waals surface area contributed by atoms with Gasteiger partial charge < -0.3 is 10.1 Å². The first kappa shape index (κ1) is 13.6. The number of benzene rings is 1. The first-order valence-electron chi connectivity index (χ1n) is 5.39. The summed E-state index contributed by atoms with van der Waals surface area (Å²) in [7, 11) is 0. The van der Waals surface area contributed by atoms with Crippen molar-refractivity contribution in [3.8, 4) is 0 Å². The summed E-state index contributed by atoms with van der Waals surface area (Å²) in [4.78, 5) is 11.3. The fraction of sp³-hybridized carbons (Fsp3) is 0.417. The lowest BCUT2D eigenvalue weighted by Crippen LogP contribution is -2.35. The van der Waals surface area contributed by atoms with Crippen molar-refractivity contribution in [2.45, 2.75) is 26.4 Å². The van der Waals surface area contributed by atoms with E-state index in [4.69, 9.17) is 4.74 Å². The molecule has 0 spiro atoms. The van der Waals surface area contributed by atoms with Crippen molar-refractivity contribution in [3.05, 3.63) is 35.4 Å². The number of esters is 1. The molecular formula is C12H15F2NO2. The monoisotopic (exact) mass is 243 g/mol. The van der Waals surface area contributed by atoms with Crippen LogP contribution in [0.1, 0.15) is 19.4 Å². The molecule has 0 saturated heterocycles. The second-order valence-electron chi connectivity index (χ2n) is 3.55. The molecule has 5 heteroatoms. The normalized spacial score (nSPS) is 12.2. The first-order chi connectivity index (χ1) is 8.06. The number of rotatable bonds is 5.